The molecule has 0 saturated heterocycles. The number of thiophene rings is 1. The molecule has 30 heavy (non-hydrogen) atoms. The Kier molecular flexibility index (Phi) is 6.98. The van der Waals surface area contributed by atoms with Crippen LogP contribution in [-0.4, -0.2) is 31.3 Å². The quantitative estimate of drug-likeness (QED) is 0.473. The van der Waals surface area contributed by atoms with Crippen LogP contribution in [0.4, 0.5) is 10.8 Å². The van der Waals surface area contributed by atoms with Gasteiger partial charge in [0.1, 0.15) is 0 Å². The van der Waals surface area contributed by atoms with Gasteiger partial charge in [-0.25, -0.2) is 18.1 Å². The number of aromatic nitrogens is 1. The topological polar surface area (TPSA) is 117 Å². The van der Waals surface area contributed by atoms with E-state index in [1.54, 1.807) is 31.4 Å². The molecule has 0 aliphatic carbocycles. The molecule has 0 atom stereocenters. The number of hydrogen-bond donors (Lipinski definition) is 3. The third kappa shape index (κ3) is 5.95. The second kappa shape index (κ2) is 9.47. The molecule has 3 aromatic rings. The van der Waals surface area contributed by atoms with E-state index >= 15 is 0 Å². The van der Waals surface area contributed by atoms with Crippen molar-refractivity contribution in [2.45, 2.75) is 31.2 Å². The molecule has 158 valence electrons. The van der Waals surface area contributed by atoms with Gasteiger partial charge in [0.2, 0.25) is 15.9 Å². The van der Waals surface area contributed by atoms with E-state index in [2.05, 4.69) is 20.3 Å². The number of carbonyl (C=O) groups excluding carboxylic acids is 2. The molecule has 11 heteroatoms. The summed E-state index contributed by atoms with van der Waals surface area (Å²) < 4.78 is 26.8. The van der Waals surface area contributed by atoms with Gasteiger partial charge in [-0.2, -0.15) is 0 Å². The second-order valence-corrected chi connectivity index (χ2v) is 10.1. The first-order valence-corrected chi connectivity index (χ1v) is 12.2. The Morgan fingerprint density at radius 3 is 2.43 bits per heavy atom. The summed E-state index contributed by atoms with van der Waals surface area (Å²) in [6.07, 6.45) is 0.0281. The number of rotatable bonds is 8. The minimum atomic E-state index is -3.58. The Hall–Kier alpha value is -2.60. The molecule has 3 N–H and O–H groups in total. The molecule has 8 nitrogen and oxygen atoms in total. The summed E-state index contributed by atoms with van der Waals surface area (Å²) in [4.78, 5) is 29.3. The number of amides is 2. The summed E-state index contributed by atoms with van der Waals surface area (Å²) in [7, 11) is -3.58. The highest BCUT2D eigenvalue weighted by Crippen LogP contribution is 2.19. The van der Waals surface area contributed by atoms with Crippen LogP contribution in [0.2, 0.25) is 0 Å². The highest BCUT2D eigenvalue weighted by molar-refractivity contribution is 7.89. The van der Waals surface area contributed by atoms with Gasteiger partial charge in [-0.15, -0.1) is 22.7 Å². The van der Waals surface area contributed by atoms with Crippen molar-refractivity contribution in [1.82, 2.24) is 9.71 Å². The summed E-state index contributed by atoms with van der Waals surface area (Å²) in [5, 5.41) is 9.35. The third-order valence-corrected chi connectivity index (χ3v) is 7.05. The van der Waals surface area contributed by atoms with E-state index in [0.29, 0.717) is 21.4 Å². The van der Waals surface area contributed by atoms with Crippen LogP contribution in [0.1, 0.15) is 29.2 Å². The molecule has 0 saturated carbocycles. The molecule has 0 spiro atoms. The number of nitrogens with zero attached hydrogens (tertiary/aromatic N) is 1. The minimum Gasteiger partial charge on any atom is -0.326 e. The highest BCUT2D eigenvalue weighted by atomic mass is 32.2. The fraction of sp³-hybridized carbons (Fsp3) is 0.211. The molecule has 0 bridgehead atoms. The normalized spacial score (nSPS) is 11.4. The zero-order chi connectivity index (χ0) is 21.7. The zero-order valence-electron chi connectivity index (χ0n) is 16.2. The van der Waals surface area contributed by atoms with Crippen molar-refractivity contribution in [2.24, 2.45) is 0 Å². The summed E-state index contributed by atoms with van der Waals surface area (Å²) in [6, 6.07) is 9.22. The first-order valence-electron chi connectivity index (χ1n) is 8.94. The maximum Gasteiger partial charge on any atom is 0.267 e. The fourth-order valence-electron chi connectivity index (χ4n) is 2.48. The van der Waals surface area contributed by atoms with Crippen molar-refractivity contribution < 1.29 is 18.0 Å². The van der Waals surface area contributed by atoms with Crippen LogP contribution >= 0.6 is 22.7 Å². The molecule has 2 heterocycles. The predicted molar refractivity (Wildman–Crippen MR) is 119 cm³/mol. The van der Waals surface area contributed by atoms with Gasteiger partial charge >= 0.3 is 0 Å². The maximum absolute atomic E-state index is 12.3. The van der Waals surface area contributed by atoms with Crippen molar-refractivity contribution in [3.63, 3.8) is 0 Å². The Balaban J connectivity index is 1.56. The smallest absolute Gasteiger partial charge is 0.267 e. The van der Waals surface area contributed by atoms with E-state index in [1.165, 1.54) is 46.9 Å². The molecular formula is C19H20N4O4S3. The molecule has 3 rings (SSSR count). The Bertz CT molecular complexity index is 1120. The van der Waals surface area contributed by atoms with Crippen LogP contribution in [0.25, 0.3) is 0 Å². The summed E-state index contributed by atoms with van der Waals surface area (Å²) in [5.41, 5.74) is 1.00. The lowest BCUT2D eigenvalue weighted by Gasteiger charge is -2.10. The number of benzene rings is 1. The molecular weight excluding hydrogens is 444 g/mol. The maximum atomic E-state index is 12.3. The lowest BCUT2D eigenvalue weighted by molar-refractivity contribution is -0.115. The number of nitrogens with one attached hydrogen (secondary N) is 3. The van der Waals surface area contributed by atoms with E-state index in [9.17, 15) is 18.0 Å². The standard InChI is InChI=1S/C19H20N4O4S3/c1-12(2)23-30(26,27)15-7-5-13(6-8-15)20-17(24)10-14-11-29-19(21-14)22-18(25)16-4-3-9-28-16/h3-9,11-12,23H,10H2,1-2H3,(H,20,24)(H,21,22,25). The largest absolute Gasteiger partial charge is 0.326 e. The molecule has 2 aromatic heterocycles. The Morgan fingerprint density at radius 2 is 1.80 bits per heavy atom. The van der Waals surface area contributed by atoms with Crippen LogP contribution in [-0.2, 0) is 21.2 Å². The molecule has 0 aliphatic rings. The minimum absolute atomic E-state index is 0.0281. The Morgan fingerprint density at radius 1 is 1.07 bits per heavy atom. The van der Waals surface area contributed by atoms with Crippen molar-refractivity contribution in [1.29, 1.82) is 0 Å². The number of anilines is 2. The molecule has 2 amide bonds. The van der Waals surface area contributed by atoms with Gasteiger partial charge in [0.05, 0.1) is 21.9 Å². The van der Waals surface area contributed by atoms with Crippen LogP contribution in [0.15, 0.2) is 52.1 Å². The molecule has 1 aromatic carbocycles. The van der Waals surface area contributed by atoms with E-state index in [4.69, 9.17) is 0 Å². The molecule has 0 radical (unpaired) electrons. The first-order chi connectivity index (χ1) is 14.2. The summed E-state index contributed by atoms with van der Waals surface area (Å²) in [6.45, 7) is 3.48. The van der Waals surface area contributed by atoms with Crippen LogP contribution < -0.4 is 15.4 Å². The molecule has 0 fully saturated rings. The van der Waals surface area contributed by atoms with Gasteiger partial charge in [0, 0.05) is 17.1 Å². The van der Waals surface area contributed by atoms with Gasteiger partial charge in [0.15, 0.2) is 5.13 Å². The fourth-order valence-corrected chi connectivity index (χ4v) is 5.05. The summed E-state index contributed by atoms with van der Waals surface area (Å²) >= 11 is 2.57. The summed E-state index contributed by atoms with van der Waals surface area (Å²) in [5.74, 6) is -0.537. The van der Waals surface area contributed by atoms with Crippen LogP contribution in [0.5, 0.6) is 0 Å². The molecule has 0 unspecified atom stereocenters. The third-order valence-electron chi connectivity index (χ3n) is 3.70. The van der Waals surface area contributed by atoms with Gasteiger partial charge in [0.25, 0.3) is 5.91 Å². The average Bonchev–Trinajstić information content (AvgIpc) is 3.33. The van der Waals surface area contributed by atoms with Gasteiger partial charge < -0.3 is 5.32 Å². The van der Waals surface area contributed by atoms with Crippen molar-refractivity contribution in [3.05, 3.63) is 57.7 Å². The van der Waals surface area contributed by atoms with Crippen LogP contribution in [0.3, 0.4) is 0 Å². The first kappa shape index (κ1) is 22.1. The van der Waals surface area contributed by atoms with Gasteiger partial charge in [-0.1, -0.05) is 6.07 Å². The SMILES string of the molecule is CC(C)NS(=O)(=O)c1ccc(NC(=O)Cc2csc(NC(=O)c3cccs3)n2)cc1. The zero-order valence-corrected chi connectivity index (χ0v) is 18.7. The highest BCUT2D eigenvalue weighted by Gasteiger charge is 2.16. The van der Waals surface area contributed by atoms with E-state index in [-0.39, 0.29) is 29.2 Å². The Labute approximate surface area is 182 Å². The second-order valence-electron chi connectivity index (χ2n) is 6.60. The number of sulfonamides is 1. The van der Waals surface area contributed by atoms with E-state index in [0.717, 1.165) is 0 Å². The van der Waals surface area contributed by atoms with Gasteiger partial charge in [-0.3, -0.25) is 14.9 Å². The lowest BCUT2D eigenvalue weighted by atomic mass is 10.3. The lowest BCUT2D eigenvalue weighted by Crippen LogP contribution is -2.30. The van der Waals surface area contributed by atoms with Crippen molar-refractivity contribution >= 4 is 55.3 Å². The van der Waals surface area contributed by atoms with Crippen molar-refractivity contribution in [3.8, 4) is 0 Å². The monoisotopic (exact) mass is 464 g/mol. The average molecular weight is 465 g/mol. The number of hydrogen-bond acceptors (Lipinski definition) is 7. The van der Waals surface area contributed by atoms with Gasteiger partial charge in [-0.05, 0) is 49.6 Å². The van der Waals surface area contributed by atoms with E-state index in [1.807, 2.05) is 5.38 Å². The number of thiazole rings is 1. The van der Waals surface area contributed by atoms with E-state index < -0.39 is 10.0 Å². The van der Waals surface area contributed by atoms with Crippen molar-refractivity contribution in [2.75, 3.05) is 10.6 Å². The number of carbonyl (C=O) groups is 2. The predicted octanol–water partition coefficient (Wildman–Crippen LogP) is 3.32. The molecule has 0 aliphatic heterocycles. The van der Waals surface area contributed by atoms with Crippen LogP contribution in [0, 0.1) is 0 Å².